The Morgan fingerprint density at radius 1 is 0.828 bits per heavy atom. The molecule has 2 rings (SSSR count). The van der Waals surface area contributed by atoms with Crippen molar-refractivity contribution < 1.29 is 43.9 Å². The topological polar surface area (TPSA) is 0 Å². The Labute approximate surface area is 166 Å². The summed E-state index contributed by atoms with van der Waals surface area (Å²) in [5, 5.41) is 0. The van der Waals surface area contributed by atoms with Crippen LogP contribution < -0.4 is 0 Å². The van der Waals surface area contributed by atoms with Crippen molar-refractivity contribution >= 4 is 15.9 Å². The Hall–Kier alpha value is -1.78. The summed E-state index contributed by atoms with van der Waals surface area (Å²) < 4.78 is 132. The van der Waals surface area contributed by atoms with E-state index in [1.807, 2.05) is 0 Å². The smallest absolute Gasteiger partial charge is 0.218 e. The second-order valence-corrected chi connectivity index (χ2v) is 6.77. The Morgan fingerprint density at radius 2 is 1.31 bits per heavy atom. The maximum absolute atomic E-state index is 14.8. The average Bonchev–Trinajstić information content (AvgIpc) is 2.57. The van der Waals surface area contributed by atoms with Crippen molar-refractivity contribution in [2.75, 3.05) is 0 Å². The highest BCUT2D eigenvalue weighted by Gasteiger charge is 2.74. The van der Waals surface area contributed by atoms with Crippen LogP contribution >= 0.6 is 15.9 Å². The molecule has 0 saturated heterocycles. The van der Waals surface area contributed by atoms with Gasteiger partial charge >= 0.3 is 24.2 Å². The van der Waals surface area contributed by atoms with Gasteiger partial charge in [-0.25, -0.2) is 4.39 Å². The summed E-state index contributed by atoms with van der Waals surface area (Å²) in [4.78, 5) is 0. The predicted molar refractivity (Wildman–Crippen MR) is 87.7 cm³/mol. The lowest BCUT2D eigenvalue weighted by Crippen LogP contribution is -2.50. The van der Waals surface area contributed by atoms with Gasteiger partial charge in [-0.1, -0.05) is 25.1 Å². The van der Waals surface area contributed by atoms with E-state index in [0.717, 1.165) is 0 Å². The van der Waals surface area contributed by atoms with Crippen molar-refractivity contribution in [3.05, 3.63) is 57.6 Å². The maximum atomic E-state index is 14.8. The number of hydrogen-bond donors (Lipinski definition) is 0. The molecule has 2 aromatic carbocycles. The molecule has 0 aliphatic rings. The first-order valence-electron chi connectivity index (χ1n) is 7.79. The van der Waals surface area contributed by atoms with Gasteiger partial charge in [0.15, 0.2) is 0 Å². The molecule has 0 N–H and O–H groups in total. The van der Waals surface area contributed by atoms with E-state index in [1.165, 1.54) is 6.92 Å². The number of aryl methyl sites for hydroxylation is 1. The molecule has 0 unspecified atom stereocenters. The molecule has 1 radical (unpaired) electrons. The van der Waals surface area contributed by atoms with Crippen molar-refractivity contribution in [1.29, 1.82) is 0 Å². The molecule has 0 heterocycles. The van der Waals surface area contributed by atoms with E-state index in [2.05, 4.69) is 22.0 Å². The van der Waals surface area contributed by atoms with Gasteiger partial charge in [0, 0.05) is 21.7 Å². The van der Waals surface area contributed by atoms with Gasteiger partial charge in [0.1, 0.15) is 0 Å². The monoisotopic (exact) mass is 495 g/mol. The molecule has 0 amide bonds. The van der Waals surface area contributed by atoms with E-state index in [4.69, 9.17) is 0 Å². The first-order chi connectivity index (χ1) is 13.0. The first-order valence-corrected chi connectivity index (χ1v) is 8.58. The third-order valence-corrected chi connectivity index (χ3v) is 4.71. The van der Waals surface area contributed by atoms with Gasteiger partial charge in [-0.05, 0) is 45.6 Å². The van der Waals surface area contributed by atoms with E-state index < -0.39 is 50.9 Å². The zero-order valence-electron chi connectivity index (χ0n) is 14.3. The summed E-state index contributed by atoms with van der Waals surface area (Å²) in [6.07, 6.45) is -17.6. The van der Waals surface area contributed by atoms with E-state index in [1.54, 1.807) is 0 Å². The number of hydrogen-bond acceptors (Lipinski definition) is 0. The van der Waals surface area contributed by atoms with Gasteiger partial charge in [-0.3, -0.25) is 0 Å². The highest BCUT2D eigenvalue weighted by atomic mass is 79.9. The first kappa shape index (κ1) is 23.5. The van der Waals surface area contributed by atoms with Crippen molar-refractivity contribution in [1.82, 2.24) is 0 Å². The minimum atomic E-state index is -6.38. The molecular formula is C18H10BrF10. The fraction of sp³-hybridized carbons (Fsp3) is 0.333. The van der Waals surface area contributed by atoms with Gasteiger partial charge in [0.25, 0.3) is 0 Å². The van der Waals surface area contributed by atoms with Crippen molar-refractivity contribution in [2.45, 2.75) is 37.5 Å². The molecule has 0 atom stereocenters. The molecule has 0 aliphatic heterocycles. The van der Waals surface area contributed by atoms with E-state index >= 15 is 0 Å². The van der Waals surface area contributed by atoms with Crippen molar-refractivity contribution in [3.8, 4) is 11.1 Å². The number of rotatable bonds is 3. The van der Waals surface area contributed by atoms with Crippen LogP contribution in [-0.4, -0.2) is 12.4 Å². The van der Waals surface area contributed by atoms with Crippen LogP contribution in [0, 0.1) is 6.07 Å². The third kappa shape index (κ3) is 4.24. The molecule has 0 bridgehead atoms. The minimum Gasteiger partial charge on any atom is -0.218 e. The SMILES string of the molecule is CCc1[c]c(Br)c(-c2ccc(C(F)(F)F)cc2)c(C(F)(C(F)(F)F)C(F)(F)F)c1. The minimum absolute atomic E-state index is 0.0648. The summed E-state index contributed by atoms with van der Waals surface area (Å²) in [7, 11) is 0. The Kier molecular flexibility index (Phi) is 6.06. The molecule has 29 heavy (non-hydrogen) atoms. The molecule has 11 heteroatoms. The van der Waals surface area contributed by atoms with Crippen LogP contribution in [0.2, 0.25) is 0 Å². The van der Waals surface area contributed by atoms with Gasteiger partial charge in [0.2, 0.25) is 0 Å². The fourth-order valence-electron chi connectivity index (χ4n) is 2.64. The molecule has 0 aliphatic carbocycles. The zero-order valence-corrected chi connectivity index (χ0v) is 15.8. The molecule has 0 fully saturated rings. The van der Waals surface area contributed by atoms with Crippen LogP contribution in [-0.2, 0) is 18.3 Å². The predicted octanol–water partition coefficient (Wildman–Crippen LogP) is 7.79. The Balaban J connectivity index is 2.88. The van der Waals surface area contributed by atoms with E-state index in [-0.39, 0.29) is 12.0 Å². The summed E-state index contributed by atoms with van der Waals surface area (Å²) in [6.45, 7) is 1.40. The van der Waals surface area contributed by atoms with Crippen LogP contribution in [0.3, 0.4) is 0 Å². The van der Waals surface area contributed by atoms with Crippen molar-refractivity contribution in [2.24, 2.45) is 0 Å². The molecule has 2 aromatic rings. The molecule has 0 spiro atoms. The summed E-state index contributed by atoms with van der Waals surface area (Å²) in [5.74, 6) is 0. The Bertz CT molecular complexity index is 862. The number of halogens is 11. The molecule has 0 saturated carbocycles. The molecular weight excluding hydrogens is 486 g/mol. The van der Waals surface area contributed by atoms with Gasteiger partial charge in [0.05, 0.1) is 5.56 Å². The van der Waals surface area contributed by atoms with Crippen LogP contribution in [0.4, 0.5) is 43.9 Å². The molecule has 159 valence electrons. The lowest BCUT2D eigenvalue weighted by molar-refractivity contribution is -0.348. The lowest BCUT2D eigenvalue weighted by atomic mass is 9.85. The number of benzene rings is 2. The van der Waals surface area contributed by atoms with Gasteiger partial charge < -0.3 is 0 Å². The average molecular weight is 496 g/mol. The lowest BCUT2D eigenvalue weighted by Gasteiger charge is -2.32. The second kappa shape index (κ2) is 7.48. The summed E-state index contributed by atoms with van der Waals surface area (Å²) in [6, 6.07) is 5.13. The second-order valence-electron chi connectivity index (χ2n) is 5.98. The summed E-state index contributed by atoms with van der Waals surface area (Å²) in [5.41, 5.74) is -10.2. The maximum Gasteiger partial charge on any atom is 0.435 e. The van der Waals surface area contributed by atoms with Crippen molar-refractivity contribution in [3.63, 3.8) is 0 Å². The highest BCUT2D eigenvalue weighted by molar-refractivity contribution is 9.10. The highest BCUT2D eigenvalue weighted by Crippen LogP contribution is 2.56. The number of alkyl halides is 10. The zero-order chi connectivity index (χ0) is 22.4. The quantitative estimate of drug-likeness (QED) is 0.381. The third-order valence-electron chi connectivity index (χ3n) is 4.11. The largest absolute Gasteiger partial charge is 0.435 e. The normalized spacial score (nSPS) is 13.7. The fourth-order valence-corrected chi connectivity index (χ4v) is 3.34. The van der Waals surface area contributed by atoms with E-state index in [9.17, 15) is 43.9 Å². The van der Waals surface area contributed by atoms with Crippen LogP contribution in [0.5, 0.6) is 0 Å². The molecule has 0 nitrogen and oxygen atoms in total. The van der Waals surface area contributed by atoms with E-state index in [0.29, 0.717) is 30.3 Å². The Morgan fingerprint density at radius 3 is 1.69 bits per heavy atom. The van der Waals surface area contributed by atoms with Crippen LogP contribution in [0.25, 0.3) is 11.1 Å². The standard InChI is InChI=1S/C18H10BrF10/c1-2-9-7-12(15(20,17(24,25)26)18(27,28)29)14(13(19)8-9)10-3-5-11(6-4-10)16(21,22)23/h3-7H,2H2,1H3. The molecule has 0 aromatic heterocycles. The van der Waals surface area contributed by atoms with Crippen LogP contribution in [0.1, 0.15) is 23.6 Å². The van der Waals surface area contributed by atoms with Gasteiger partial charge in [-0.15, -0.1) is 0 Å². The van der Waals surface area contributed by atoms with Crippen LogP contribution in [0.15, 0.2) is 34.8 Å². The summed E-state index contributed by atoms with van der Waals surface area (Å²) >= 11 is 2.78. The van der Waals surface area contributed by atoms with Gasteiger partial charge in [-0.2, -0.15) is 39.5 Å².